The molecular formula is C17H17NO4S. The van der Waals surface area contributed by atoms with Crippen molar-refractivity contribution in [2.75, 3.05) is 0 Å². The predicted octanol–water partition coefficient (Wildman–Crippen LogP) is 1.72. The molecule has 2 aromatic rings. The highest BCUT2D eigenvalue weighted by molar-refractivity contribution is 7.92. The van der Waals surface area contributed by atoms with Crippen LogP contribution in [0.5, 0.6) is 0 Å². The van der Waals surface area contributed by atoms with E-state index in [0.717, 1.165) is 5.56 Å². The number of aliphatic carboxylic acids is 1. The highest BCUT2D eigenvalue weighted by Crippen LogP contribution is 2.55. The van der Waals surface area contributed by atoms with Crippen LogP contribution in [0, 0.1) is 6.92 Å². The molecule has 0 radical (unpaired) electrons. The average molecular weight is 331 g/mol. The Morgan fingerprint density at radius 2 is 1.65 bits per heavy atom. The van der Waals surface area contributed by atoms with E-state index < -0.39 is 32.5 Å². The lowest BCUT2D eigenvalue weighted by molar-refractivity contribution is -0.139. The number of carbonyl (C=O) groups is 1. The predicted molar refractivity (Wildman–Crippen MR) is 85.9 cm³/mol. The summed E-state index contributed by atoms with van der Waals surface area (Å²) in [6, 6.07) is 15.0. The Morgan fingerprint density at radius 1 is 1.09 bits per heavy atom. The molecule has 0 saturated heterocycles. The normalized spacial score (nSPS) is 26.7. The van der Waals surface area contributed by atoms with Gasteiger partial charge in [-0.2, -0.15) is 0 Å². The van der Waals surface area contributed by atoms with Crippen LogP contribution in [0.25, 0.3) is 0 Å². The quantitative estimate of drug-likeness (QED) is 0.889. The Balaban J connectivity index is 2.07. The van der Waals surface area contributed by atoms with Crippen LogP contribution in [0.15, 0.2) is 59.5 Å². The van der Waals surface area contributed by atoms with Gasteiger partial charge in [0.1, 0.15) is 10.8 Å². The largest absolute Gasteiger partial charge is 0.480 e. The third-order valence-electron chi connectivity index (χ3n) is 4.39. The second-order valence-corrected chi connectivity index (χ2v) is 7.97. The highest BCUT2D eigenvalue weighted by Gasteiger charge is 2.74. The molecule has 23 heavy (non-hydrogen) atoms. The van der Waals surface area contributed by atoms with Crippen molar-refractivity contribution in [3.05, 3.63) is 65.7 Å². The number of aryl methyl sites for hydroxylation is 1. The van der Waals surface area contributed by atoms with Crippen molar-refractivity contribution < 1.29 is 18.3 Å². The molecule has 0 spiro atoms. The third kappa shape index (κ3) is 2.34. The second-order valence-electron chi connectivity index (χ2n) is 5.91. The topological polar surface area (TPSA) is 97.5 Å². The molecular weight excluding hydrogens is 314 g/mol. The maximum Gasteiger partial charge on any atom is 0.325 e. The van der Waals surface area contributed by atoms with E-state index in [-0.39, 0.29) is 4.90 Å². The highest BCUT2D eigenvalue weighted by atomic mass is 32.2. The molecule has 0 aliphatic heterocycles. The zero-order chi connectivity index (χ0) is 16.8. The summed E-state index contributed by atoms with van der Waals surface area (Å²) in [5.74, 6) is -2.06. The lowest BCUT2D eigenvalue weighted by Crippen LogP contribution is -2.39. The smallest absolute Gasteiger partial charge is 0.325 e. The summed E-state index contributed by atoms with van der Waals surface area (Å²) < 4.78 is 25.7. The Hall–Kier alpha value is -2.18. The first kappa shape index (κ1) is 15.7. The molecule has 0 amide bonds. The minimum absolute atomic E-state index is 0.0996. The van der Waals surface area contributed by atoms with Crippen molar-refractivity contribution >= 4 is 15.8 Å². The Labute approximate surface area is 134 Å². The van der Waals surface area contributed by atoms with Crippen LogP contribution in [0.2, 0.25) is 0 Å². The zero-order valence-corrected chi connectivity index (χ0v) is 13.3. The summed E-state index contributed by atoms with van der Waals surface area (Å²) in [6.07, 6.45) is 0. The van der Waals surface area contributed by atoms with Gasteiger partial charge in [0.05, 0.1) is 4.90 Å². The standard InChI is InChI=1S/C17H17NO4S/c1-11-7-9-13(10-8-11)23(21,22)15-14(17(15,18)16(19)20)12-5-3-2-4-6-12/h2-10,14-15H,18H2,1H3,(H,19,20)/t14-,15+,17-/m0/s1. The number of carboxylic acid groups (broad SMARTS) is 1. The van der Waals surface area contributed by atoms with Gasteiger partial charge in [0.2, 0.25) is 0 Å². The van der Waals surface area contributed by atoms with Gasteiger partial charge in [-0.25, -0.2) is 8.42 Å². The number of hydrogen-bond acceptors (Lipinski definition) is 4. The summed E-state index contributed by atoms with van der Waals surface area (Å²) in [7, 11) is -3.84. The number of hydrogen-bond donors (Lipinski definition) is 2. The maximum absolute atomic E-state index is 12.9. The number of carboxylic acids is 1. The van der Waals surface area contributed by atoms with Crippen LogP contribution in [0.1, 0.15) is 17.0 Å². The average Bonchev–Trinajstić information content (AvgIpc) is 3.17. The summed E-state index contributed by atoms with van der Waals surface area (Å²) in [5.41, 5.74) is 5.73. The minimum Gasteiger partial charge on any atom is -0.480 e. The molecule has 1 aliphatic carbocycles. The molecule has 0 heterocycles. The Bertz CT molecular complexity index is 846. The molecule has 3 rings (SSSR count). The molecule has 6 heteroatoms. The molecule has 2 aromatic carbocycles. The first-order valence-corrected chi connectivity index (χ1v) is 8.72. The number of sulfone groups is 1. The van der Waals surface area contributed by atoms with Crippen LogP contribution >= 0.6 is 0 Å². The van der Waals surface area contributed by atoms with Crippen LogP contribution in [0.4, 0.5) is 0 Å². The third-order valence-corrected chi connectivity index (χ3v) is 6.65. The van der Waals surface area contributed by atoms with E-state index in [4.69, 9.17) is 5.73 Å². The van der Waals surface area contributed by atoms with E-state index in [0.29, 0.717) is 5.56 Å². The van der Waals surface area contributed by atoms with E-state index in [1.54, 1.807) is 42.5 Å². The molecule has 0 aromatic heterocycles. The summed E-state index contributed by atoms with van der Waals surface area (Å²) in [5, 5.41) is 8.31. The van der Waals surface area contributed by atoms with Crippen LogP contribution in [-0.4, -0.2) is 30.3 Å². The molecule has 1 fully saturated rings. The molecule has 0 bridgehead atoms. The van der Waals surface area contributed by atoms with Crippen molar-refractivity contribution in [3.8, 4) is 0 Å². The lowest BCUT2D eigenvalue weighted by atomic mass is 10.1. The van der Waals surface area contributed by atoms with Crippen LogP contribution < -0.4 is 5.73 Å². The fourth-order valence-corrected chi connectivity index (χ4v) is 5.28. The van der Waals surface area contributed by atoms with Crippen molar-refractivity contribution in [1.82, 2.24) is 0 Å². The van der Waals surface area contributed by atoms with Crippen molar-refractivity contribution in [1.29, 1.82) is 0 Å². The number of nitrogens with two attached hydrogens (primary N) is 1. The minimum atomic E-state index is -3.84. The molecule has 1 saturated carbocycles. The molecule has 3 atom stereocenters. The monoisotopic (exact) mass is 331 g/mol. The maximum atomic E-state index is 12.9. The van der Waals surface area contributed by atoms with Crippen LogP contribution in [0.3, 0.4) is 0 Å². The Morgan fingerprint density at radius 3 is 2.17 bits per heavy atom. The first-order valence-electron chi connectivity index (χ1n) is 7.17. The van der Waals surface area contributed by atoms with Gasteiger partial charge in [-0.3, -0.25) is 4.79 Å². The first-order chi connectivity index (χ1) is 10.8. The Kier molecular flexibility index (Phi) is 3.54. The van der Waals surface area contributed by atoms with Crippen LogP contribution in [-0.2, 0) is 14.6 Å². The lowest BCUT2D eigenvalue weighted by Gasteiger charge is -2.07. The summed E-state index contributed by atoms with van der Waals surface area (Å²) in [6.45, 7) is 1.85. The van der Waals surface area contributed by atoms with Gasteiger partial charge in [-0.15, -0.1) is 0 Å². The molecule has 3 N–H and O–H groups in total. The van der Waals surface area contributed by atoms with Crippen molar-refractivity contribution in [3.63, 3.8) is 0 Å². The van der Waals surface area contributed by atoms with Gasteiger partial charge in [-0.1, -0.05) is 48.0 Å². The van der Waals surface area contributed by atoms with E-state index in [2.05, 4.69) is 0 Å². The van der Waals surface area contributed by atoms with E-state index in [1.165, 1.54) is 12.1 Å². The van der Waals surface area contributed by atoms with Gasteiger partial charge in [0, 0.05) is 5.92 Å². The fraction of sp³-hybridized carbons (Fsp3) is 0.235. The van der Waals surface area contributed by atoms with Crippen molar-refractivity contribution in [2.45, 2.75) is 28.5 Å². The second kappa shape index (κ2) is 5.18. The van der Waals surface area contributed by atoms with Gasteiger partial charge >= 0.3 is 5.97 Å². The summed E-state index contributed by atoms with van der Waals surface area (Å²) >= 11 is 0. The molecule has 1 aliphatic rings. The van der Waals surface area contributed by atoms with E-state index in [1.807, 2.05) is 6.92 Å². The van der Waals surface area contributed by atoms with Crippen molar-refractivity contribution in [2.24, 2.45) is 5.73 Å². The zero-order valence-electron chi connectivity index (χ0n) is 12.5. The van der Waals surface area contributed by atoms with Gasteiger partial charge in [-0.05, 0) is 24.6 Å². The van der Waals surface area contributed by atoms with E-state index >= 15 is 0 Å². The van der Waals surface area contributed by atoms with E-state index in [9.17, 15) is 18.3 Å². The van der Waals surface area contributed by atoms with Gasteiger partial charge in [0.25, 0.3) is 0 Å². The van der Waals surface area contributed by atoms with Gasteiger partial charge < -0.3 is 10.8 Å². The van der Waals surface area contributed by atoms with Gasteiger partial charge in [0.15, 0.2) is 9.84 Å². The number of rotatable bonds is 4. The summed E-state index contributed by atoms with van der Waals surface area (Å²) in [4.78, 5) is 11.7. The number of benzene rings is 2. The SMILES string of the molecule is Cc1ccc(S(=O)(=O)[C@@H]2[C@H](c3ccccc3)[C@@]2(N)C(=O)O)cc1. The molecule has 5 nitrogen and oxygen atoms in total. The molecule has 120 valence electrons. The fourth-order valence-electron chi connectivity index (χ4n) is 3.05. The molecule has 0 unspecified atom stereocenters.